The fraction of sp³-hybridized carbons (Fsp3) is 0.278. The Balaban J connectivity index is 2.23. The molecule has 104 valence electrons. The van der Waals surface area contributed by atoms with Crippen LogP contribution in [0, 0.1) is 5.82 Å². The van der Waals surface area contributed by atoms with Crippen molar-refractivity contribution < 1.29 is 9.18 Å². The SMILES string of the molecule is CCC(C)(CC(=O)c1ccccc1)c1ccc(F)cc1. The lowest BCUT2D eigenvalue weighted by Crippen LogP contribution is -2.25. The van der Waals surface area contributed by atoms with Crippen molar-refractivity contribution >= 4 is 5.78 Å². The first kappa shape index (κ1) is 14.4. The molecule has 1 atom stereocenters. The van der Waals surface area contributed by atoms with Crippen molar-refractivity contribution in [2.24, 2.45) is 0 Å². The van der Waals surface area contributed by atoms with Gasteiger partial charge in [-0.2, -0.15) is 0 Å². The maximum Gasteiger partial charge on any atom is 0.163 e. The number of carbonyl (C=O) groups excluding carboxylic acids is 1. The maximum absolute atomic E-state index is 13.0. The monoisotopic (exact) mass is 270 g/mol. The van der Waals surface area contributed by atoms with Crippen LogP contribution in [-0.4, -0.2) is 5.78 Å². The van der Waals surface area contributed by atoms with Gasteiger partial charge in [-0.15, -0.1) is 0 Å². The van der Waals surface area contributed by atoms with E-state index in [0.717, 1.165) is 17.5 Å². The number of hydrogen-bond acceptors (Lipinski definition) is 1. The summed E-state index contributed by atoms with van der Waals surface area (Å²) in [5, 5.41) is 0. The lowest BCUT2D eigenvalue weighted by molar-refractivity contribution is 0.0952. The van der Waals surface area contributed by atoms with Crippen molar-refractivity contribution in [1.82, 2.24) is 0 Å². The summed E-state index contributed by atoms with van der Waals surface area (Å²) in [6.45, 7) is 4.11. The molecule has 1 unspecified atom stereocenters. The normalized spacial score (nSPS) is 13.8. The Morgan fingerprint density at radius 2 is 1.65 bits per heavy atom. The van der Waals surface area contributed by atoms with Gasteiger partial charge < -0.3 is 0 Å². The molecule has 0 fully saturated rings. The van der Waals surface area contributed by atoms with E-state index in [4.69, 9.17) is 0 Å². The molecule has 2 aromatic carbocycles. The minimum absolute atomic E-state index is 0.124. The molecule has 0 radical (unpaired) electrons. The molecule has 2 aromatic rings. The van der Waals surface area contributed by atoms with Gasteiger partial charge in [0.15, 0.2) is 5.78 Å². The molecular weight excluding hydrogens is 251 g/mol. The van der Waals surface area contributed by atoms with Gasteiger partial charge in [-0.3, -0.25) is 4.79 Å². The van der Waals surface area contributed by atoms with Crippen molar-refractivity contribution in [2.45, 2.75) is 32.1 Å². The topological polar surface area (TPSA) is 17.1 Å². The molecular formula is C18H19FO. The third-order valence-electron chi connectivity index (χ3n) is 3.97. The predicted octanol–water partition coefficient (Wildman–Crippen LogP) is 4.77. The Morgan fingerprint density at radius 1 is 1.05 bits per heavy atom. The van der Waals surface area contributed by atoms with E-state index in [1.807, 2.05) is 30.3 Å². The molecule has 0 N–H and O–H groups in total. The van der Waals surface area contributed by atoms with Crippen LogP contribution in [0.15, 0.2) is 54.6 Å². The number of benzene rings is 2. The van der Waals surface area contributed by atoms with Gasteiger partial charge in [0.05, 0.1) is 0 Å². The van der Waals surface area contributed by atoms with E-state index < -0.39 is 0 Å². The highest BCUT2D eigenvalue weighted by atomic mass is 19.1. The van der Waals surface area contributed by atoms with Crippen molar-refractivity contribution in [3.05, 3.63) is 71.5 Å². The van der Waals surface area contributed by atoms with Crippen LogP contribution < -0.4 is 0 Å². The minimum atomic E-state index is -0.263. The lowest BCUT2D eigenvalue weighted by atomic mass is 9.75. The van der Waals surface area contributed by atoms with Crippen molar-refractivity contribution in [3.63, 3.8) is 0 Å². The lowest BCUT2D eigenvalue weighted by Gasteiger charge is -2.28. The molecule has 0 saturated carbocycles. The summed E-state index contributed by atoms with van der Waals surface area (Å²) >= 11 is 0. The highest BCUT2D eigenvalue weighted by molar-refractivity contribution is 5.96. The van der Waals surface area contributed by atoms with Crippen LogP contribution >= 0.6 is 0 Å². The standard InChI is InChI=1S/C18H19FO/c1-3-18(2,15-9-11-16(19)12-10-15)13-17(20)14-7-5-4-6-8-14/h4-12H,3,13H2,1-2H3. The van der Waals surface area contributed by atoms with Crippen LogP contribution in [0.25, 0.3) is 0 Å². The average molecular weight is 270 g/mol. The largest absolute Gasteiger partial charge is 0.294 e. The zero-order valence-electron chi connectivity index (χ0n) is 11.9. The smallest absolute Gasteiger partial charge is 0.163 e. The second-order valence-electron chi connectivity index (χ2n) is 5.39. The second kappa shape index (κ2) is 6.00. The van der Waals surface area contributed by atoms with E-state index in [1.54, 1.807) is 12.1 Å². The number of rotatable bonds is 5. The molecule has 0 saturated heterocycles. The van der Waals surface area contributed by atoms with Crippen LogP contribution in [0.1, 0.15) is 42.6 Å². The second-order valence-corrected chi connectivity index (χ2v) is 5.39. The van der Waals surface area contributed by atoms with Crippen molar-refractivity contribution in [3.8, 4) is 0 Å². The average Bonchev–Trinajstić information content (AvgIpc) is 2.48. The first-order valence-corrected chi connectivity index (χ1v) is 6.89. The zero-order valence-corrected chi connectivity index (χ0v) is 11.9. The molecule has 0 bridgehead atoms. The van der Waals surface area contributed by atoms with E-state index in [9.17, 15) is 9.18 Å². The van der Waals surface area contributed by atoms with Gasteiger partial charge in [0.25, 0.3) is 0 Å². The fourth-order valence-corrected chi connectivity index (χ4v) is 2.36. The Kier molecular flexibility index (Phi) is 4.33. The van der Waals surface area contributed by atoms with Crippen molar-refractivity contribution in [1.29, 1.82) is 0 Å². The Labute approximate surface area is 119 Å². The first-order chi connectivity index (χ1) is 9.55. The molecule has 0 aliphatic heterocycles. The third kappa shape index (κ3) is 3.13. The summed E-state index contributed by atoms with van der Waals surface area (Å²) in [5.74, 6) is -0.124. The molecule has 0 aliphatic carbocycles. The van der Waals surface area contributed by atoms with Gasteiger partial charge in [0.2, 0.25) is 0 Å². The third-order valence-corrected chi connectivity index (χ3v) is 3.97. The highest BCUT2D eigenvalue weighted by Crippen LogP contribution is 2.32. The first-order valence-electron chi connectivity index (χ1n) is 6.89. The minimum Gasteiger partial charge on any atom is -0.294 e. The summed E-state index contributed by atoms with van der Waals surface area (Å²) < 4.78 is 13.0. The Bertz CT molecular complexity index is 574. The van der Waals surface area contributed by atoms with E-state index in [-0.39, 0.29) is 17.0 Å². The van der Waals surface area contributed by atoms with Crippen LogP contribution in [0.5, 0.6) is 0 Å². The Morgan fingerprint density at radius 3 is 2.20 bits per heavy atom. The summed E-state index contributed by atoms with van der Waals surface area (Å²) in [5.41, 5.74) is 1.47. The summed E-state index contributed by atoms with van der Waals surface area (Å²) in [7, 11) is 0. The van der Waals surface area contributed by atoms with Crippen molar-refractivity contribution in [2.75, 3.05) is 0 Å². The molecule has 0 heterocycles. The summed E-state index contributed by atoms with van der Waals surface area (Å²) in [4.78, 5) is 12.4. The quantitative estimate of drug-likeness (QED) is 0.715. The van der Waals surface area contributed by atoms with Crippen LogP contribution in [0.2, 0.25) is 0 Å². The van der Waals surface area contributed by atoms with Crippen LogP contribution in [0.4, 0.5) is 4.39 Å². The molecule has 0 spiro atoms. The molecule has 2 heteroatoms. The van der Waals surface area contributed by atoms with Gasteiger partial charge in [-0.25, -0.2) is 4.39 Å². The number of ketones is 1. The zero-order chi connectivity index (χ0) is 14.6. The Hall–Kier alpha value is -1.96. The van der Waals surface area contributed by atoms with E-state index >= 15 is 0 Å². The number of carbonyl (C=O) groups is 1. The molecule has 0 amide bonds. The summed E-state index contributed by atoms with van der Waals surface area (Å²) in [6.07, 6.45) is 1.26. The fourth-order valence-electron chi connectivity index (χ4n) is 2.36. The molecule has 1 nitrogen and oxygen atoms in total. The van der Waals surface area contributed by atoms with Gasteiger partial charge in [-0.1, -0.05) is 56.3 Å². The number of Topliss-reactive ketones (excluding diaryl/α,β-unsaturated/α-hetero) is 1. The summed E-state index contributed by atoms with van der Waals surface area (Å²) in [6, 6.07) is 15.8. The molecule has 0 aromatic heterocycles. The van der Waals surface area contributed by atoms with E-state index in [1.165, 1.54) is 12.1 Å². The number of halogens is 1. The molecule has 20 heavy (non-hydrogen) atoms. The van der Waals surface area contributed by atoms with Gasteiger partial charge in [0, 0.05) is 12.0 Å². The van der Waals surface area contributed by atoms with E-state index in [0.29, 0.717) is 6.42 Å². The van der Waals surface area contributed by atoms with Gasteiger partial charge in [-0.05, 0) is 29.5 Å². The van der Waals surface area contributed by atoms with Gasteiger partial charge >= 0.3 is 0 Å². The molecule has 0 aliphatic rings. The van der Waals surface area contributed by atoms with Crippen LogP contribution in [0.3, 0.4) is 0 Å². The van der Waals surface area contributed by atoms with Crippen LogP contribution in [-0.2, 0) is 5.41 Å². The number of hydrogen-bond donors (Lipinski definition) is 0. The van der Waals surface area contributed by atoms with Gasteiger partial charge in [0.1, 0.15) is 5.82 Å². The van der Waals surface area contributed by atoms with E-state index in [2.05, 4.69) is 13.8 Å². The molecule has 2 rings (SSSR count). The predicted molar refractivity (Wildman–Crippen MR) is 79.4 cm³/mol. The maximum atomic E-state index is 13.0. The highest BCUT2D eigenvalue weighted by Gasteiger charge is 2.28.